The number of amides is 2. The normalized spacial score (nSPS) is 14.4. The van der Waals surface area contributed by atoms with Crippen LogP contribution < -0.4 is 16.4 Å². The lowest BCUT2D eigenvalue weighted by Gasteiger charge is -2.24. The molecule has 1 aromatic carbocycles. The average molecular weight is 470 g/mol. The third kappa shape index (κ3) is 8.94. The Balaban J connectivity index is 2.94. The number of nitrogens with two attached hydrogens (primary N) is 1. The minimum absolute atomic E-state index is 0.0303. The Morgan fingerprint density at radius 1 is 1.19 bits per heavy atom. The number of aliphatic carboxylic acids is 2. The second-order valence-electron chi connectivity index (χ2n) is 7.02. The zero-order valence-electron chi connectivity index (χ0n) is 17.4. The number of thioether (sulfide) groups is 1. The van der Waals surface area contributed by atoms with Crippen molar-refractivity contribution in [1.29, 1.82) is 0 Å². The number of hydrogen-bond acceptors (Lipinski definition) is 8. The standard InChI is InChI=1S/C20H27N3O8S/c1-11(9-24)18(12-4-2-3-5-15(12)25)32-10-14(19(29)22-8-17(27)28)23-16(26)7-6-13(21)20(30)31/h2-5,9,11,13-14,18,25H,6-8,10,21H2,1H3,(H,22,29)(H,23,26)(H,27,28)(H,30,31). The highest BCUT2D eigenvalue weighted by atomic mass is 32.2. The van der Waals surface area contributed by atoms with Crippen LogP contribution in [0.3, 0.4) is 0 Å². The van der Waals surface area contributed by atoms with Gasteiger partial charge in [-0.25, -0.2) is 0 Å². The van der Waals surface area contributed by atoms with Crippen LogP contribution in [0.25, 0.3) is 0 Å². The van der Waals surface area contributed by atoms with Crippen molar-refractivity contribution in [2.24, 2.45) is 11.7 Å². The molecule has 0 spiro atoms. The van der Waals surface area contributed by atoms with Gasteiger partial charge in [-0.15, -0.1) is 0 Å². The maximum atomic E-state index is 12.4. The van der Waals surface area contributed by atoms with E-state index in [4.69, 9.17) is 15.9 Å². The molecule has 12 heteroatoms. The molecular formula is C20H27N3O8S. The van der Waals surface area contributed by atoms with Crippen molar-refractivity contribution < 1.29 is 39.3 Å². The highest BCUT2D eigenvalue weighted by molar-refractivity contribution is 7.99. The van der Waals surface area contributed by atoms with Crippen LogP contribution in [-0.2, 0) is 24.0 Å². The van der Waals surface area contributed by atoms with Crippen molar-refractivity contribution in [3.8, 4) is 5.75 Å². The summed E-state index contributed by atoms with van der Waals surface area (Å²) in [5.41, 5.74) is 5.85. The van der Waals surface area contributed by atoms with Crippen LogP contribution in [0.4, 0.5) is 0 Å². The van der Waals surface area contributed by atoms with Gasteiger partial charge in [-0.3, -0.25) is 19.2 Å². The molecule has 0 heterocycles. The van der Waals surface area contributed by atoms with Crippen molar-refractivity contribution >= 4 is 41.8 Å². The number of benzene rings is 1. The third-order valence-corrected chi connectivity index (χ3v) is 6.01. The number of aldehydes is 1. The smallest absolute Gasteiger partial charge is 0.322 e. The molecule has 0 aliphatic rings. The first-order chi connectivity index (χ1) is 15.1. The molecule has 32 heavy (non-hydrogen) atoms. The summed E-state index contributed by atoms with van der Waals surface area (Å²) in [6.45, 7) is 0.982. The van der Waals surface area contributed by atoms with Gasteiger partial charge in [0.2, 0.25) is 11.8 Å². The minimum Gasteiger partial charge on any atom is -0.508 e. The van der Waals surface area contributed by atoms with Gasteiger partial charge in [-0.05, 0) is 12.5 Å². The number of nitrogens with one attached hydrogen (secondary N) is 2. The molecule has 0 aromatic heterocycles. The van der Waals surface area contributed by atoms with Crippen LogP contribution in [0.2, 0.25) is 0 Å². The highest BCUT2D eigenvalue weighted by Gasteiger charge is 2.27. The van der Waals surface area contributed by atoms with Gasteiger partial charge < -0.3 is 36.5 Å². The van der Waals surface area contributed by atoms with Crippen molar-refractivity contribution in [1.82, 2.24) is 10.6 Å². The van der Waals surface area contributed by atoms with Crippen molar-refractivity contribution in [3.05, 3.63) is 29.8 Å². The van der Waals surface area contributed by atoms with E-state index in [1.165, 1.54) is 6.07 Å². The number of phenolic OH excluding ortho intramolecular Hbond substituents is 1. The summed E-state index contributed by atoms with van der Waals surface area (Å²) in [6, 6.07) is 4.00. The molecule has 0 saturated carbocycles. The zero-order valence-corrected chi connectivity index (χ0v) is 18.2. The highest BCUT2D eigenvalue weighted by Crippen LogP contribution is 2.39. The van der Waals surface area contributed by atoms with Crippen LogP contribution >= 0.6 is 11.8 Å². The summed E-state index contributed by atoms with van der Waals surface area (Å²) >= 11 is 1.13. The largest absolute Gasteiger partial charge is 0.508 e. The molecule has 0 aliphatic carbocycles. The molecule has 0 saturated heterocycles. The summed E-state index contributed by atoms with van der Waals surface area (Å²) in [5, 5.41) is 31.8. The van der Waals surface area contributed by atoms with Crippen molar-refractivity contribution in [3.63, 3.8) is 0 Å². The van der Waals surface area contributed by atoms with Crippen LogP contribution in [0.5, 0.6) is 5.75 Å². The second kappa shape index (κ2) is 13.3. The lowest BCUT2D eigenvalue weighted by molar-refractivity contribution is -0.139. The van der Waals surface area contributed by atoms with E-state index in [-0.39, 0.29) is 24.3 Å². The Labute approximate surface area is 188 Å². The number of carboxylic acids is 2. The van der Waals surface area contributed by atoms with E-state index in [1.807, 2.05) is 0 Å². The van der Waals surface area contributed by atoms with Gasteiger partial charge in [0.05, 0.1) is 0 Å². The molecule has 0 fully saturated rings. The van der Waals surface area contributed by atoms with Gasteiger partial charge in [0.15, 0.2) is 0 Å². The summed E-state index contributed by atoms with van der Waals surface area (Å²) in [7, 11) is 0. The Morgan fingerprint density at radius 3 is 2.41 bits per heavy atom. The number of phenols is 1. The summed E-state index contributed by atoms with van der Waals surface area (Å²) in [4.78, 5) is 57.6. The molecule has 0 radical (unpaired) electrons. The fourth-order valence-corrected chi connectivity index (χ4v) is 4.05. The van der Waals surface area contributed by atoms with E-state index < -0.39 is 53.5 Å². The molecule has 0 bridgehead atoms. The van der Waals surface area contributed by atoms with Crippen molar-refractivity contribution in [2.45, 2.75) is 37.1 Å². The first-order valence-corrected chi connectivity index (χ1v) is 10.7. The Morgan fingerprint density at radius 2 is 1.84 bits per heavy atom. The molecule has 1 rings (SSSR count). The third-order valence-electron chi connectivity index (χ3n) is 4.44. The molecule has 4 unspecified atom stereocenters. The SMILES string of the molecule is CC(C=O)C(SCC(NC(=O)CCC(N)C(=O)O)C(=O)NCC(=O)O)c1ccccc1O. The lowest BCUT2D eigenvalue weighted by atomic mass is 10.0. The van der Waals surface area contributed by atoms with Crippen LogP contribution in [0.15, 0.2) is 24.3 Å². The minimum atomic E-state index is -1.27. The van der Waals surface area contributed by atoms with Gasteiger partial charge in [-0.1, -0.05) is 25.1 Å². The van der Waals surface area contributed by atoms with Crippen LogP contribution in [0.1, 0.15) is 30.6 Å². The second-order valence-corrected chi connectivity index (χ2v) is 8.20. The van der Waals surface area contributed by atoms with Crippen molar-refractivity contribution in [2.75, 3.05) is 12.3 Å². The van der Waals surface area contributed by atoms with E-state index in [1.54, 1.807) is 25.1 Å². The fraction of sp³-hybridized carbons (Fsp3) is 0.450. The van der Waals surface area contributed by atoms with E-state index >= 15 is 0 Å². The van der Waals surface area contributed by atoms with Crippen LogP contribution in [-0.4, -0.2) is 69.7 Å². The Hall–Kier alpha value is -3.12. The number of carbonyl (C=O) groups is 5. The molecule has 2 amide bonds. The number of rotatable bonds is 14. The van der Waals surface area contributed by atoms with E-state index in [9.17, 15) is 29.1 Å². The number of carbonyl (C=O) groups excluding carboxylic acids is 3. The molecule has 176 valence electrons. The first-order valence-electron chi connectivity index (χ1n) is 9.68. The monoisotopic (exact) mass is 469 g/mol. The maximum absolute atomic E-state index is 12.4. The van der Waals surface area contributed by atoms with Gasteiger partial charge in [0.25, 0.3) is 0 Å². The molecule has 1 aromatic rings. The average Bonchev–Trinajstić information content (AvgIpc) is 2.75. The topological polar surface area (TPSA) is 196 Å². The Bertz CT molecular complexity index is 835. The summed E-state index contributed by atoms with van der Waals surface area (Å²) in [6.07, 6.45) is 0.296. The number of hydrogen-bond donors (Lipinski definition) is 6. The van der Waals surface area contributed by atoms with E-state index in [2.05, 4.69) is 10.6 Å². The zero-order chi connectivity index (χ0) is 24.3. The summed E-state index contributed by atoms with van der Waals surface area (Å²) in [5.74, 6) is -4.55. The van der Waals surface area contributed by atoms with Gasteiger partial charge in [-0.2, -0.15) is 11.8 Å². The lowest BCUT2D eigenvalue weighted by Crippen LogP contribution is -2.49. The van der Waals surface area contributed by atoms with E-state index in [0.29, 0.717) is 11.8 Å². The quantitative estimate of drug-likeness (QED) is 0.200. The number of aromatic hydroxyl groups is 1. The van der Waals surface area contributed by atoms with Gasteiger partial charge in [0.1, 0.15) is 30.7 Å². The predicted molar refractivity (Wildman–Crippen MR) is 116 cm³/mol. The molecule has 4 atom stereocenters. The van der Waals surface area contributed by atoms with Gasteiger partial charge >= 0.3 is 11.9 Å². The molecular weight excluding hydrogens is 442 g/mol. The number of para-hydroxylation sites is 1. The van der Waals surface area contributed by atoms with E-state index in [0.717, 1.165) is 11.8 Å². The number of carboxylic acid groups (broad SMARTS) is 2. The molecule has 11 nitrogen and oxygen atoms in total. The summed E-state index contributed by atoms with van der Waals surface area (Å²) < 4.78 is 0. The molecule has 7 N–H and O–H groups in total. The molecule has 0 aliphatic heterocycles. The maximum Gasteiger partial charge on any atom is 0.322 e. The fourth-order valence-electron chi connectivity index (χ4n) is 2.67. The predicted octanol–water partition coefficient (Wildman–Crippen LogP) is -0.121. The Kier molecular flexibility index (Phi) is 11.2. The van der Waals surface area contributed by atoms with Gasteiger partial charge in [0, 0.05) is 28.9 Å². The van der Waals surface area contributed by atoms with Crippen LogP contribution in [0, 0.1) is 5.92 Å². The first kappa shape index (κ1) is 26.9.